The first-order chi connectivity index (χ1) is 25.2. The molecule has 0 atom stereocenters. The number of hydrogen-bond donors (Lipinski definition) is 0. The second-order valence-electron chi connectivity index (χ2n) is 12.3. The van der Waals surface area contributed by atoms with Gasteiger partial charge in [-0.2, -0.15) is 0 Å². The van der Waals surface area contributed by atoms with Crippen molar-refractivity contribution in [3.63, 3.8) is 0 Å². The van der Waals surface area contributed by atoms with Gasteiger partial charge in [-0.1, -0.05) is 152 Å². The molecule has 0 saturated carbocycles. The molecule has 5 nitrogen and oxygen atoms in total. The summed E-state index contributed by atoms with van der Waals surface area (Å²) in [6, 6.07) is 61.6. The lowest BCUT2D eigenvalue weighted by Gasteiger charge is -2.11. The number of aromatic nitrogens is 4. The molecule has 0 radical (unpaired) electrons. The first-order valence-corrected chi connectivity index (χ1v) is 16.9. The van der Waals surface area contributed by atoms with Gasteiger partial charge in [0.2, 0.25) is 0 Å². The molecule has 51 heavy (non-hydrogen) atoms. The van der Waals surface area contributed by atoms with E-state index in [4.69, 9.17) is 24.4 Å². The smallest absolute Gasteiger partial charge is 0.164 e. The molecular formula is C46H30N4O. The van der Waals surface area contributed by atoms with Gasteiger partial charge in [-0.15, -0.1) is 0 Å². The molecule has 0 aliphatic rings. The Labute approximate surface area is 295 Å². The second-order valence-corrected chi connectivity index (χ2v) is 12.3. The monoisotopic (exact) mass is 654 g/mol. The fourth-order valence-electron chi connectivity index (χ4n) is 6.31. The number of para-hydroxylation sites is 1. The highest BCUT2D eigenvalue weighted by Crippen LogP contribution is 2.35. The summed E-state index contributed by atoms with van der Waals surface area (Å²) >= 11 is 0. The minimum atomic E-state index is 0.626. The van der Waals surface area contributed by atoms with Crippen molar-refractivity contribution < 1.29 is 4.42 Å². The molecule has 3 heterocycles. The van der Waals surface area contributed by atoms with Crippen LogP contribution in [0, 0.1) is 0 Å². The van der Waals surface area contributed by atoms with Gasteiger partial charge in [0.15, 0.2) is 17.5 Å². The summed E-state index contributed by atoms with van der Waals surface area (Å²) in [7, 11) is 0. The molecule has 0 N–H and O–H groups in total. The zero-order chi connectivity index (χ0) is 34.0. The van der Waals surface area contributed by atoms with Gasteiger partial charge < -0.3 is 4.42 Å². The van der Waals surface area contributed by atoms with E-state index in [2.05, 4.69) is 84.9 Å². The summed E-state index contributed by atoms with van der Waals surface area (Å²) in [5.74, 6) is 2.72. The number of nitrogens with zero attached hydrogens (tertiary/aromatic N) is 4. The Balaban J connectivity index is 1.08. The highest BCUT2D eigenvalue weighted by molar-refractivity contribution is 5.85. The van der Waals surface area contributed by atoms with Crippen LogP contribution in [0.5, 0.6) is 0 Å². The van der Waals surface area contributed by atoms with Crippen molar-refractivity contribution in [1.29, 1.82) is 0 Å². The molecule has 0 aliphatic carbocycles. The minimum absolute atomic E-state index is 0.626. The molecule has 0 aliphatic heterocycles. The van der Waals surface area contributed by atoms with E-state index in [-0.39, 0.29) is 0 Å². The predicted molar refractivity (Wildman–Crippen MR) is 205 cm³/mol. The summed E-state index contributed by atoms with van der Waals surface area (Å²) in [6.07, 6.45) is 0. The van der Waals surface area contributed by atoms with Gasteiger partial charge >= 0.3 is 0 Å². The maximum absolute atomic E-state index is 6.28. The van der Waals surface area contributed by atoms with Crippen molar-refractivity contribution >= 4 is 11.0 Å². The lowest BCUT2D eigenvalue weighted by atomic mass is 9.99. The van der Waals surface area contributed by atoms with Crippen LogP contribution in [0.3, 0.4) is 0 Å². The number of hydrogen-bond acceptors (Lipinski definition) is 5. The Bertz CT molecular complexity index is 2530. The van der Waals surface area contributed by atoms with Gasteiger partial charge in [0.05, 0.1) is 11.4 Å². The standard InChI is InChI=1S/C46H30N4O/c1-4-13-32(14-5-1)40-28-39(43-30-37-19-10-11-22-42(37)51-43)29-41(47-40)33-25-23-31(24-26-33)36-20-12-21-38(27-36)46-49-44(34-15-6-2-7-16-34)48-45(50-46)35-17-8-3-9-18-35/h1-30H. The molecule has 9 rings (SSSR count). The van der Waals surface area contributed by atoms with Crippen LogP contribution in [0.1, 0.15) is 0 Å². The summed E-state index contributed by atoms with van der Waals surface area (Å²) in [5, 5.41) is 1.07. The summed E-state index contributed by atoms with van der Waals surface area (Å²) in [5.41, 5.74) is 10.6. The Hall–Kier alpha value is -6.98. The third-order valence-corrected chi connectivity index (χ3v) is 8.94. The van der Waals surface area contributed by atoms with Crippen molar-refractivity contribution in [2.24, 2.45) is 0 Å². The van der Waals surface area contributed by atoms with Crippen molar-refractivity contribution in [2.45, 2.75) is 0 Å². The van der Waals surface area contributed by atoms with Crippen LogP contribution in [-0.4, -0.2) is 19.9 Å². The van der Waals surface area contributed by atoms with Gasteiger partial charge in [0.1, 0.15) is 11.3 Å². The van der Waals surface area contributed by atoms with E-state index in [1.807, 2.05) is 97.1 Å². The molecule has 6 aromatic carbocycles. The Morgan fingerprint density at radius 3 is 1.37 bits per heavy atom. The van der Waals surface area contributed by atoms with Gasteiger partial charge in [0, 0.05) is 38.8 Å². The van der Waals surface area contributed by atoms with E-state index in [1.54, 1.807) is 0 Å². The van der Waals surface area contributed by atoms with Gasteiger partial charge in [-0.3, -0.25) is 0 Å². The number of furan rings is 1. The molecule has 5 heteroatoms. The number of pyridine rings is 1. The molecule has 9 aromatic rings. The van der Waals surface area contributed by atoms with E-state index >= 15 is 0 Å². The number of benzene rings is 6. The number of fused-ring (bicyclic) bond motifs is 1. The fraction of sp³-hybridized carbons (Fsp3) is 0. The van der Waals surface area contributed by atoms with Gasteiger partial charge in [-0.05, 0) is 41.5 Å². The highest BCUT2D eigenvalue weighted by atomic mass is 16.3. The quantitative estimate of drug-likeness (QED) is 0.171. The van der Waals surface area contributed by atoms with Crippen LogP contribution in [0.2, 0.25) is 0 Å². The molecule has 0 fully saturated rings. The van der Waals surface area contributed by atoms with E-state index in [9.17, 15) is 0 Å². The van der Waals surface area contributed by atoms with Crippen LogP contribution in [-0.2, 0) is 0 Å². The average Bonchev–Trinajstić information content (AvgIpc) is 3.66. The maximum Gasteiger partial charge on any atom is 0.164 e. The van der Waals surface area contributed by atoms with Crippen molar-refractivity contribution in [2.75, 3.05) is 0 Å². The van der Waals surface area contributed by atoms with Crippen LogP contribution in [0.25, 0.3) is 90.1 Å². The fourth-order valence-corrected chi connectivity index (χ4v) is 6.31. The first kappa shape index (κ1) is 30.1. The SMILES string of the molecule is c1ccc(-c2cc(-c3cc4ccccc4o3)cc(-c3ccc(-c4cccc(-c5nc(-c6ccccc6)nc(-c6ccccc6)n5)c4)cc3)n2)cc1. The molecule has 240 valence electrons. The van der Waals surface area contributed by atoms with E-state index < -0.39 is 0 Å². The van der Waals surface area contributed by atoms with Crippen LogP contribution < -0.4 is 0 Å². The topological polar surface area (TPSA) is 64.7 Å². The van der Waals surface area contributed by atoms with Crippen LogP contribution in [0.4, 0.5) is 0 Å². The molecule has 0 spiro atoms. The summed E-state index contributed by atoms with van der Waals surface area (Å²) in [4.78, 5) is 19.8. The second kappa shape index (κ2) is 13.1. The van der Waals surface area contributed by atoms with E-state index in [1.165, 1.54) is 0 Å². The molecule has 0 amide bonds. The van der Waals surface area contributed by atoms with Crippen LogP contribution in [0.15, 0.2) is 186 Å². The zero-order valence-corrected chi connectivity index (χ0v) is 27.5. The largest absolute Gasteiger partial charge is 0.456 e. The average molecular weight is 655 g/mol. The number of rotatable bonds is 7. The van der Waals surface area contributed by atoms with Crippen molar-refractivity contribution in [3.05, 3.63) is 182 Å². The molecule has 3 aromatic heterocycles. The lowest BCUT2D eigenvalue weighted by molar-refractivity contribution is 0.631. The normalized spacial score (nSPS) is 11.1. The summed E-state index contributed by atoms with van der Waals surface area (Å²) in [6.45, 7) is 0. The molecule has 0 unspecified atom stereocenters. The third-order valence-electron chi connectivity index (χ3n) is 8.94. The van der Waals surface area contributed by atoms with Gasteiger partial charge in [-0.25, -0.2) is 19.9 Å². The summed E-state index contributed by atoms with van der Waals surface area (Å²) < 4.78 is 6.28. The van der Waals surface area contributed by atoms with Crippen molar-refractivity contribution in [3.8, 4) is 79.1 Å². The Morgan fingerprint density at radius 2 is 0.765 bits per heavy atom. The van der Waals surface area contributed by atoms with Crippen molar-refractivity contribution in [1.82, 2.24) is 19.9 Å². The van der Waals surface area contributed by atoms with E-state index in [0.29, 0.717) is 17.5 Å². The maximum atomic E-state index is 6.28. The lowest BCUT2D eigenvalue weighted by Crippen LogP contribution is -2.00. The first-order valence-electron chi connectivity index (χ1n) is 16.9. The van der Waals surface area contributed by atoms with Crippen LogP contribution >= 0.6 is 0 Å². The third kappa shape index (κ3) is 6.20. The molecule has 0 saturated heterocycles. The van der Waals surface area contributed by atoms with Gasteiger partial charge in [0.25, 0.3) is 0 Å². The molecular weight excluding hydrogens is 625 g/mol. The Morgan fingerprint density at radius 1 is 0.294 bits per heavy atom. The molecule has 0 bridgehead atoms. The Kier molecular flexibility index (Phi) is 7.76. The zero-order valence-electron chi connectivity index (χ0n) is 27.5. The minimum Gasteiger partial charge on any atom is -0.456 e. The predicted octanol–water partition coefficient (Wildman–Crippen LogP) is 11.7. The highest BCUT2D eigenvalue weighted by Gasteiger charge is 2.15. The van der Waals surface area contributed by atoms with E-state index in [0.717, 1.165) is 72.6 Å².